The fourth-order valence-electron chi connectivity index (χ4n) is 4.49. The second-order valence-electron chi connectivity index (χ2n) is 8.65. The number of carboxylic acids is 1. The fourth-order valence-corrected chi connectivity index (χ4v) is 4.49. The van der Waals surface area contributed by atoms with E-state index in [4.69, 9.17) is 10.1 Å². The summed E-state index contributed by atoms with van der Waals surface area (Å²) in [5.74, 6) is 0.181. The summed E-state index contributed by atoms with van der Waals surface area (Å²) in [5, 5.41) is 13.8. The van der Waals surface area contributed by atoms with Gasteiger partial charge in [0.2, 0.25) is 0 Å². The number of H-pyrrole nitrogens is 1. The topological polar surface area (TPSA) is 108 Å². The predicted molar refractivity (Wildman–Crippen MR) is 137 cm³/mol. The normalized spacial score (nSPS) is 11.1. The van der Waals surface area contributed by atoms with Gasteiger partial charge in [0.1, 0.15) is 11.6 Å². The molecular weight excluding hydrogens is 440 g/mol. The van der Waals surface area contributed by atoms with Crippen LogP contribution in [-0.4, -0.2) is 31.9 Å². The van der Waals surface area contributed by atoms with Crippen molar-refractivity contribution < 1.29 is 14.7 Å². The largest absolute Gasteiger partial charge is 0.481 e. The zero-order valence-corrected chi connectivity index (χ0v) is 19.4. The van der Waals surface area contributed by atoms with E-state index in [1.807, 2.05) is 62.4 Å². The average molecular weight is 465 g/mol. The number of hydrogen-bond acceptors (Lipinski definition) is 4. The van der Waals surface area contributed by atoms with Gasteiger partial charge in [0, 0.05) is 29.1 Å². The number of aromatic amines is 1. The van der Waals surface area contributed by atoms with Gasteiger partial charge in [-0.15, -0.1) is 0 Å². The molecule has 174 valence electrons. The molecule has 7 heteroatoms. The SMILES string of the molecule is Cc1cc(CCC(=O)O)cc(C)c1-c1nc2ccc(C(=O)Nc3nccc4ccccc34)cc2[nH]1. The number of imidazole rings is 1. The molecule has 0 aliphatic rings. The van der Waals surface area contributed by atoms with Gasteiger partial charge in [0.25, 0.3) is 5.91 Å². The lowest BCUT2D eigenvalue weighted by atomic mass is 9.97. The highest BCUT2D eigenvalue weighted by atomic mass is 16.4. The minimum Gasteiger partial charge on any atom is -0.481 e. The summed E-state index contributed by atoms with van der Waals surface area (Å²) in [5.41, 5.74) is 6.02. The van der Waals surface area contributed by atoms with Crippen molar-refractivity contribution in [3.05, 3.63) is 89.1 Å². The number of aryl methyl sites for hydroxylation is 3. The molecule has 2 aromatic heterocycles. The van der Waals surface area contributed by atoms with Gasteiger partial charge in [0.15, 0.2) is 0 Å². The van der Waals surface area contributed by atoms with Crippen LogP contribution >= 0.6 is 0 Å². The Morgan fingerprint density at radius 3 is 2.54 bits per heavy atom. The molecule has 3 aromatic carbocycles. The summed E-state index contributed by atoms with van der Waals surface area (Å²) in [4.78, 5) is 36.4. The molecule has 0 aliphatic carbocycles. The Hall–Kier alpha value is -4.52. The summed E-state index contributed by atoms with van der Waals surface area (Å²) in [6.45, 7) is 3.99. The van der Waals surface area contributed by atoms with Crippen LogP contribution in [0.1, 0.15) is 33.5 Å². The van der Waals surface area contributed by atoms with E-state index in [-0.39, 0.29) is 12.3 Å². The molecule has 5 aromatic rings. The predicted octanol–water partition coefficient (Wildman–Crippen LogP) is 5.66. The summed E-state index contributed by atoms with van der Waals surface area (Å²) in [6.07, 6.45) is 2.27. The number of pyridine rings is 1. The van der Waals surface area contributed by atoms with Crippen LogP contribution in [0.3, 0.4) is 0 Å². The number of carbonyl (C=O) groups is 2. The van der Waals surface area contributed by atoms with Gasteiger partial charge in [-0.2, -0.15) is 0 Å². The van der Waals surface area contributed by atoms with Crippen LogP contribution in [0, 0.1) is 13.8 Å². The number of carbonyl (C=O) groups excluding carboxylic acids is 1. The monoisotopic (exact) mass is 464 g/mol. The van der Waals surface area contributed by atoms with Gasteiger partial charge >= 0.3 is 5.97 Å². The van der Waals surface area contributed by atoms with Crippen LogP contribution in [0.25, 0.3) is 33.2 Å². The van der Waals surface area contributed by atoms with Gasteiger partial charge in [-0.25, -0.2) is 9.97 Å². The molecular formula is C28H24N4O3. The maximum atomic E-state index is 13.0. The summed E-state index contributed by atoms with van der Waals surface area (Å²) >= 11 is 0. The molecule has 0 atom stereocenters. The van der Waals surface area contributed by atoms with Crippen LogP contribution in [0.15, 0.2) is 66.9 Å². The number of carboxylic acid groups (broad SMARTS) is 1. The zero-order chi connectivity index (χ0) is 24.5. The van der Waals surface area contributed by atoms with E-state index in [2.05, 4.69) is 15.3 Å². The summed E-state index contributed by atoms with van der Waals surface area (Å²) < 4.78 is 0. The Morgan fingerprint density at radius 2 is 1.77 bits per heavy atom. The van der Waals surface area contributed by atoms with Crippen LogP contribution in [-0.2, 0) is 11.2 Å². The van der Waals surface area contributed by atoms with Crippen LogP contribution in [0.2, 0.25) is 0 Å². The van der Waals surface area contributed by atoms with Crippen LogP contribution < -0.4 is 5.32 Å². The molecule has 5 rings (SSSR count). The van der Waals surface area contributed by atoms with Gasteiger partial charge in [0.05, 0.1) is 11.0 Å². The van der Waals surface area contributed by atoms with E-state index in [0.29, 0.717) is 23.6 Å². The second-order valence-corrected chi connectivity index (χ2v) is 8.65. The smallest absolute Gasteiger partial charge is 0.303 e. The summed E-state index contributed by atoms with van der Waals surface area (Å²) in [7, 11) is 0. The lowest BCUT2D eigenvalue weighted by Crippen LogP contribution is -2.13. The lowest BCUT2D eigenvalue weighted by Gasteiger charge is -2.10. The first-order valence-corrected chi connectivity index (χ1v) is 11.4. The van der Waals surface area contributed by atoms with Crippen molar-refractivity contribution in [2.75, 3.05) is 5.32 Å². The number of hydrogen-bond donors (Lipinski definition) is 3. The maximum Gasteiger partial charge on any atom is 0.303 e. The first-order chi connectivity index (χ1) is 16.9. The maximum absolute atomic E-state index is 13.0. The van der Waals surface area contributed by atoms with Gasteiger partial charge in [-0.1, -0.05) is 36.4 Å². The highest BCUT2D eigenvalue weighted by Crippen LogP contribution is 2.29. The van der Waals surface area contributed by atoms with E-state index in [0.717, 1.165) is 44.1 Å². The number of fused-ring (bicyclic) bond motifs is 2. The minimum atomic E-state index is -0.808. The molecule has 0 spiro atoms. The number of nitrogens with zero attached hydrogens (tertiary/aromatic N) is 2. The molecule has 0 aliphatic heterocycles. The second kappa shape index (κ2) is 9.02. The average Bonchev–Trinajstić information content (AvgIpc) is 3.25. The van der Waals surface area contributed by atoms with Gasteiger partial charge < -0.3 is 15.4 Å². The molecule has 0 radical (unpaired) electrons. The van der Waals surface area contributed by atoms with Crippen LogP contribution in [0.5, 0.6) is 0 Å². The number of benzene rings is 3. The van der Waals surface area contributed by atoms with Gasteiger partial charge in [-0.3, -0.25) is 9.59 Å². The third-order valence-corrected chi connectivity index (χ3v) is 6.11. The third-order valence-electron chi connectivity index (χ3n) is 6.11. The molecule has 0 fully saturated rings. The molecule has 0 unspecified atom stereocenters. The Kier molecular flexibility index (Phi) is 5.74. The standard InChI is InChI=1S/C28H24N4O3/c1-16-13-18(7-10-24(33)34)14-17(2)25(16)27-30-22-9-8-20(15-23(22)31-27)28(35)32-26-21-6-4-3-5-19(21)11-12-29-26/h3-6,8-9,11-15H,7,10H2,1-2H3,(H,30,31)(H,33,34)(H,29,32,35). The molecule has 0 saturated heterocycles. The quantitative estimate of drug-likeness (QED) is 0.300. The zero-order valence-electron chi connectivity index (χ0n) is 19.4. The fraction of sp³-hybridized carbons (Fsp3) is 0.143. The van der Waals surface area contributed by atoms with Crippen molar-refractivity contribution >= 4 is 39.5 Å². The van der Waals surface area contributed by atoms with E-state index in [1.165, 1.54) is 0 Å². The van der Waals surface area contributed by atoms with Crippen molar-refractivity contribution in [3.63, 3.8) is 0 Å². The number of anilines is 1. The van der Waals surface area contributed by atoms with Gasteiger partial charge in [-0.05, 0) is 66.6 Å². The highest BCUT2D eigenvalue weighted by Gasteiger charge is 2.15. The Balaban J connectivity index is 1.43. The van der Waals surface area contributed by atoms with Crippen molar-refractivity contribution in [2.24, 2.45) is 0 Å². The number of amides is 1. The molecule has 3 N–H and O–H groups in total. The summed E-state index contributed by atoms with van der Waals surface area (Å²) in [6, 6.07) is 19.1. The Morgan fingerprint density at radius 1 is 1.00 bits per heavy atom. The lowest BCUT2D eigenvalue weighted by molar-refractivity contribution is -0.136. The number of aliphatic carboxylic acids is 1. The molecule has 0 saturated carbocycles. The number of aromatic nitrogens is 3. The Labute approximate surface area is 201 Å². The van der Waals surface area contributed by atoms with E-state index in [1.54, 1.807) is 18.3 Å². The number of nitrogens with one attached hydrogen (secondary N) is 2. The molecule has 7 nitrogen and oxygen atoms in total. The van der Waals surface area contributed by atoms with Crippen LogP contribution in [0.4, 0.5) is 5.82 Å². The van der Waals surface area contributed by atoms with E-state index in [9.17, 15) is 9.59 Å². The number of rotatable bonds is 6. The van der Waals surface area contributed by atoms with Crippen molar-refractivity contribution in [1.82, 2.24) is 15.0 Å². The van der Waals surface area contributed by atoms with Crippen molar-refractivity contribution in [3.8, 4) is 11.4 Å². The first-order valence-electron chi connectivity index (χ1n) is 11.4. The van der Waals surface area contributed by atoms with E-state index >= 15 is 0 Å². The molecule has 1 amide bonds. The molecule has 0 bridgehead atoms. The molecule has 2 heterocycles. The van der Waals surface area contributed by atoms with Crippen molar-refractivity contribution in [2.45, 2.75) is 26.7 Å². The van der Waals surface area contributed by atoms with E-state index < -0.39 is 5.97 Å². The Bertz CT molecular complexity index is 1570. The third kappa shape index (κ3) is 4.48. The minimum absolute atomic E-state index is 0.0992. The molecule has 35 heavy (non-hydrogen) atoms. The van der Waals surface area contributed by atoms with Crippen molar-refractivity contribution in [1.29, 1.82) is 0 Å². The highest BCUT2D eigenvalue weighted by molar-refractivity contribution is 6.09. The first kappa shape index (κ1) is 22.3.